The summed E-state index contributed by atoms with van der Waals surface area (Å²) in [5.74, 6) is -0.899. The zero-order valence-corrected chi connectivity index (χ0v) is 7.00. The van der Waals surface area contributed by atoms with E-state index in [4.69, 9.17) is 0 Å². The van der Waals surface area contributed by atoms with Crippen molar-refractivity contribution in [2.24, 2.45) is 0 Å². The number of benzene rings is 1. The van der Waals surface area contributed by atoms with Crippen molar-refractivity contribution in [2.75, 3.05) is 5.32 Å². The molecule has 0 radical (unpaired) electrons. The zero-order valence-electron chi connectivity index (χ0n) is 7.00. The van der Waals surface area contributed by atoms with Crippen LogP contribution in [-0.4, -0.2) is 12.2 Å². The van der Waals surface area contributed by atoms with Crippen LogP contribution in [0.4, 0.5) is 10.1 Å². The first-order valence-corrected chi connectivity index (χ1v) is 3.66. The lowest BCUT2D eigenvalue weighted by Crippen LogP contribution is -2.04. The zero-order chi connectivity index (χ0) is 9.84. The molecule has 3 nitrogen and oxygen atoms in total. The summed E-state index contributed by atoms with van der Waals surface area (Å²) in [5, 5.41) is 2.15. The third-order valence-electron chi connectivity index (χ3n) is 1.60. The maximum absolute atomic E-state index is 13.0. The molecule has 0 atom stereocenters. The second kappa shape index (κ2) is 3.80. The normalized spacial score (nSPS) is 9.38. The van der Waals surface area contributed by atoms with E-state index in [1.54, 1.807) is 0 Å². The van der Waals surface area contributed by atoms with Gasteiger partial charge in [0.15, 0.2) is 5.78 Å². The molecule has 0 spiro atoms. The van der Waals surface area contributed by atoms with Gasteiger partial charge in [-0.3, -0.25) is 9.59 Å². The van der Waals surface area contributed by atoms with E-state index in [0.29, 0.717) is 6.41 Å². The Kier molecular flexibility index (Phi) is 2.74. The van der Waals surface area contributed by atoms with Gasteiger partial charge in [-0.05, 0) is 19.1 Å². The third-order valence-corrected chi connectivity index (χ3v) is 1.60. The summed E-state index contributed by atoms with van der Waals surface area (Å²) in [6, 6.07) is 4.05. The fourth-order valence-electron chi connectivity index (χ4n) is 1.02. The Bertz CT molecular complexity index is 349. The molecule has 0 aliphatic carbocycles. The summed E-state index contributed by atoms with van der Waals surface area (Å²) in [6.07, 6.45) is 0.338. The molecule has 0 fully saturated rings. The lowest BCUT2D eigenvalue weighted by molar-refractivity contribution is -0.105. The van der Waals surface area contributed by atoms with Gasteiger partial charge in [-0.2, -0.15) is 0 Å². The fraction of sp³-hybridized carbons (Fsp3) is 0.111. The van der Waals surface area contributed by atoms with E-state index in [1.807, 2.05) is 0 Å². The maximum Gasteiger partial charge on any atom is 0.211 e. The average Bonchev–Trinajstić information content (AvgIpc) is 2.08. The Labute approximate surface area is 74.6 Å². The number of nitrogens with one attached hydrogen (secondary N) is 1. The van der Waals surface area contributed by atoms with Crippen LogP contribution in [0, 0.1) is 5.82 Å². The second-order valence-corrected chi connectivity index (χ2v) is 2.48. The molecule has 0 aliphatic heterocycles. The van der Waals surface area contributed by atoms with Crippen LogP contribution >= 0.6 is 0 Å². The van der Waals surface area contributed by atoms with Crippen molar-refractivity contribution in [1.29, 1.82) is 0 Å². The SMILES string of the molecule is CC(=O)c1cccc(F)c1NC=O. The van der Waals surface area contributed by atoms with Crippen LogP contribution in [0.15, 0.2) is 18.2 Å². The van der Waals surface area contributed by atoms with E-state index in [2.05, 4.69) is 5.32 Å². The highest BCUT2D eigenvalue weighted by atomic mass is 19.1. The molecule has 1 aromatic rings. The quantitative estimate of drug-likeness (QED) is 0.568. The highest BCUT2D eigenvalue weighted by Gasteiger charge is 2.10. The van der Waals surface area contributed by atoms with Crippen molar-refractivity contribution in [1.82, 2.24) is 0 Å². The minimum atomic E-state index is -0.611. The van der Waals surface area contributed by atoms with Gasteiger partial charge in [0.1, 0.15) is 5.82 Å². The molecule has 1 N–H and O–H groups in total. The lowest BCUT2D eigenvalue weighted by atomic mass is 10.1. The molecule has 68 valence electrons. The highest BCUT2D eigenvalue weighted by molar-refractivity contribution is 6.01. The van der Waals surface area contributed by atoms with Gasteiger partial charge in [0.05, 0.1) is 5.69 Å². The van der Waals surface area contributed by atoms with E-state index >= 15 is 0 Å². The highest BCUT2D eigenvalue weighted by Crippen LogP contribution is 2.19. The maximum atomic E-state index is 13.0. The van der Waals surface area contributed by atoms with Crippen molar-refractivity contribution >= 4 is 17.9 Å². The number of halogens is 1. The lowest BCUT2D eigenvalue weighted by Gasteiger charge is -2.05. The molecular formula is C9H8FNO2. The van der Waals surface area contributed by atoms with Crippen LogP contribution in [0.1, 0.15) is 17.3 Å². The molecule has 0 saturated heterocycles. The summed E-state index contributed by atoms with van der Waals surface area (Å²) >= 11 is 0. The number of carbonyl (C=O) groups is 2. The standard InChI is InChI=1S/C9H8FNO2/c1-6(13)7-3-2-4-8(10)9(7)11-5-12/h2-5H,1H3,(H,11,12). The summed E-state index contributed by atoms with van der Waals surface area (Å²) in [7, 11) is 0. The van der Waals surface area contributed by atoms with Crippen LogP contribution in [0.3, 0.4) is 0 Å². The number of rotatable bonds is 3. The molecule has 0 unspecified atom stereocenters. The number of hydrogen-bond donors (Lipinski definition) is 1. The predicted molar refractivity (Wildman–Crippen MR) is 46.1 cm³/mol. The van der Waals surface area contributed by atoms with Crippen molar-refractivity contribution in [2.45, 2.75) is 6.92 Å². The number of para-hydroxylation sites is 1. The number of carbonyl (C=O) groups excluding carboxylic acids is 2. The Morgan fingerprint density at radius 2 is 2.23 bits per heavy atom. The van der Waals surface area contributed by atoms with Gasteiger partial charge < -0.3 is 5.32 Å². The van der Waals surface area contributed by atoms with Gasteiger partial charge >= 0.3 is 0 Å². The van der Waals surface area contributed by atoms with Gasteiger partial charge in [0.2, 0.25) is 6.41 Å². The van der Waals surface area contributed by atoms with E-state index in [0.717, 1.165) is 0 Å². The first-order chi connectivity index (χ1) is 6.16. The summed E-state index contributed by atoms with van der Waals surface area (Å²) in [6.45, 7) is 1.31. The topological polar surface area (TPSA) is 46.2 Å². The Morgan fingerprint density at radius 3 is 2.77 bits per heavy atom. The molecule has 1 amide bonds. The molecule has 0 bridgehead atoms. The minimum Gasteiger partial charge on any atom is -0.326 e. The van der Waals surface area contributed by atoms with E-state index in [1.165, 1.54) is 25.1 Å². The van der Waals surface area contributed by atoms with Crippen LogP contribution in [0.5, 0.6) is 0 Å². The van der Waals surface area contributed by atoms with Crippen LogP contribution < -0.4 is 5.32 Å². The van der Waals surface area contributed by atoms with Gasteiger partial charge in [-0.15, -0.1) is 0 Å². The van der Waals surface area contributed by atoms with Crippen molar-refractivity contribution in [3.05, 3.63) is 29.6 Å². The van der Waals surface area contributed by atoms with E-state index in [-0.39, 0.29) is 17.0 Å². The monoisotopic (exact) mass is 181 g/mol. The average molecular weight is 181 g/mol. The van der Waals surface area contributed by atoms with Gasteiger partial charge in [-0.25, -0.2) is 4.39 Å². The molecule has 0 heterocycles. The van der Waals surface area contributed by atoms with Crippen molar-refractivity contribution < 1.29 is 14.0 Å². The predicted octanol–water partition coefficient (Wildman–Crippen LogP) is 1.60. The Morgan fingerprint density at radius 1 is 1.54 bits per heavy atom. The van der Waals surface area contributed by atoms with Crippen LogP contribution in [0.2, 0.25) is 0 Å². The molecule has 4 heteroatoms. The Balaban J connectivity index is 3.24. The number of Topliss-reactive ketones (excluding diaryl/α,β-unsaturated/α-hetero) is 1. The number of ketones is 1. The second-order valence-electron chi connectivity index (χ2n) is 2.48. The summed E-state index contributed by atoms with van der Waals surface area (Å²) in [5.41, 5.74) is 0.108. The van der Waals surface area contributed by atoms with E-state index < -0.39 is 5.82 Å². The first-order valence-electron chi connectivity index (χ1n) is 3.66. The van der Waals surface area contributed by atoms with Crippen LogP contribution in [0.25, 0.3) is 0 Å². The molecular weight excluding hydrogens is 173 g/mol. The molecule has 13 heavy (non-hydrogen) atoms. The first kappa shape index (κ1) is 9.38. The number of hydrogen-bond acceptors (Lipinski definition) is 2. The minimum absolute atomic E-state index is 0.0648. The largest absolute Gasteiger partial charge is 0.326 e. The van der Waals surface area contributed by atoms with Gasteiger partial charge in [0.25, 0.3) is 0 Å². The summed E-state index contributed by atoms with van der Waals surface area (Å²) in [4.78, 5) is 21.1. The van der Waals surface area contributed by atoms with E-state index in [9.17, 15) is 14.0 Å². The number of amides is 1. The fourth-order valence-corrected chi connectivity index (χ4v) is 1.02. The van der Waals surface area contributed by atoms with Crippen LogP contribution in [-0.2, 0) is 4.79 Å². The summed E-state index contributed by atoms with van der Waals surface area (Å²) < 4.78 is 13.0. The Hall–Kier alpha value is -1.71. The third kappa shape index (κ3) is 1.90. The smallest absolute Gasteiger partial charge is 0.211 e. The van der Waals surface area contributed by atoms with Crippen molar-refractivity contribution in [3.63, 3.8) is 0 Å². The molecule has 0 saturated carbocycles. The van der Waals surface area contributed by atoms with Gasteiger partial charge in [0, 0.05) is 5.56 Å². The molecule has 1 rings (SSSR count). The molecule has 1 aromatic carbocycles. The molecule has 0 aromatic heterocycles. The van der Waals surface area contributed by atoms with Gasteiger partial charge in [-0.1, -0.05) is 6.07 Å². The van der Waals surface area contributed by atoms with Crippen molar-refractivity contribution in [3.8, 4) is 0 Å². The molecule has 0 aliphatic rings. The number of anilines is 1.